The Morgan fingerprint density at radius 1 is 1.24 bits per heavy atom. The molecule has 1 aliphatic rings. The van der Waals surface area contributed by atoms with E-state index in [2.05, 4.69) is 14.8 Å². The van der Waals surface area contributed by atoms with Crippen molar-refractivity contribution in [1.82, 2.24) is 18.0 Å². The normalized spacial score (nSPS) is 17.9. The van der Waals surface area contributed by atoms with Gasteiger partial charge in [-0.2, -0.15) is 18.3 Å². The molecule has 0 aliphatic carbocycles. The van der Waals surface area contributed by atoms with Gasteiger partial charge in [-0.15, -0.1) is 0 Å². The Morgan fingerprint density at radius 3 is 2.71 bits per heavy atom. The Balaban J connectivity index is 1.88. The molecule has 0 saturated carbocycles. The molecule has 1 aromatic carbocycles. The monoisotopic (exact) mass is 323 g/mol. The molecule has 9 heteroatoms. The fourth-order valence-corrected chi connectivity index (χ4v) is 4.53. The van der Waals surface area contributed by atoms with Gasteiger partial charge in [-0.3, -0.25) is 4.90 Å². The summed E-state index contributed by atoms with van der Waals surface area (Å²) in [6.45, 7) is 2.24. The molecule has 0 unspecified atom stereocenters. The van der Waals surface area contributed by atoms with Gasteiger partial charge in [0.1, 0.15) is 15.9 Å². The number of hydrogen-bond acceptors (Lipinski definition) is 7. The van der Waals surface area contributed by atoms with Crippen molar-refractivity contribution in [3.63, 3.8) is 0 Å². The van der Waals surface area contributed by atoms with E-state index in [1.807, 2.05) is 4.90 Å². The zero-order valence-electron chi connectivity index (χ0n) is 11.1. The van der Waals surface area contributed by atoms with Crippen molar-refractivity contribution in [2.75, 3.05) is 32.7 Å². The lowest BCUT2D eigenvalue weighted by Gasteiger charge is -2.32. The summed E-state index contributed by atoms with van der Waals surface area (Å²) in [7, 11) is -3.57. The van der Waals surface area contributed by atoms with E-state index in [1.165, 1.54) is 4.31 Å². The van der Waals surface area contributed by atoms with Gasteiger partial charge in [0.25, 0.3) is 0 Å². The van der Waals surface area contributed by atoms with Crippen molar-refractivity contribution in [1.29, 1.82) is 5.26 Å². The van der Waals surface area contributed by atoms with E-state index < -0.39 is 10.0 Å². The first-order chi connectivity index (χ1) is 10.1. The van der Waals surface area contributed by atoms with E-state index in [9.17, 15) is 8.42 Å². The number of rotatable bonds is 3. The van der Waals surface area contributed by atoms with Crippen LogP contribution in [0.3, 0.4) is 0 Å². The quantitative estimate of drug-likeness (QED) is 0.765. The average molecular weight is 323 g/mol. The zero-order chi connectivity index (χ0) is 14.9. The first-order valence-electron chi connectivity index (χ1n) is 6.43. The third-order valence-electron chi connectivity index (χ3n) is 3.49. The predicted molar refractivity (Wildman–Crippen MR) is 78.2 cm³/mol. The number of hydrogen-bond donors (Lipinski definition) is 0. The van der Waals surface area contributed by atoms with Crippen molar-refractivity contribution in [3.05, 3.63) is 18.2 Å². The van der Waals surface area contributed by atoms with Crippen LogP contribution in [0, 0.1) is 11.3 Å². The van der Waals surface area contributed by atoms with Crippen molar-refractivity contribution in [2.24, 2.45) is 0 Å². The maximum atomic E-state index is 12.7. The predicted octanol–water partition coefficient (Wildman–Crippen LogP) is 0.521. The lowest BCUT2D eigenvalue weighted by molar-refractivity contribution is 0.206. The standard InChI is InChI=1S/C12H13N5O2S2/c13-4-5-16-6-8-17(9-7-16)21(18,19)11-3-1-2-10-12(11)15-20-14-10/h1-3H,5-9H2. The second kappa shape index (κ2) is 5.65. The fourth-order valence-electron chi connectivity index (χ4n) is 2.36. The van der Waals surface area contributed by atoms with Crippen molar-refractivity contribution in [3.8, 4) is 6.07 Å². The van der Waals surface area contributed by atoms with Crippen LogP contribution in [0.5, 0.6) is 0 Å². The highest BCUT2D eigenvalue weighted by atomic mass is 32.2. The topological polar surface area (TPSA) is 90.2 Å². The molecule has 2 heterocycles. The van der Waals surface area contributed by atoms with E-state index in [0.717, 1.165) is 11.7 Å². The Morgan fingerprint density at radius 2 is 2.00 bits per heavy atom. The maximum absolute atomic E-state index is 12.7. The molecule has 1 saturated heterocycles. The number of sulfonamides is 1. The molecule has 3 rings (SSSR count). The van der Waals surface area contributed by atoms with Gasteiger partial charge in [-0.1, -0.05) is 6.07 Å². The van der Waals surface area contributed by atoms with Gasteiger partial charge in [-0.25, -0.2) is 8.42 Å². The van der Waals surface area contributed by atoms with Gasteiger partial charge in [0.2, 0.25) is 10.0 Å². The van der Waals surface area contributed by atoms with Crippen LogP contribution < -0.4 is 0 Å². The molecule has 0 radical (unpaired) electrons. The molecule has 2 aromatic rings. The SMILES string of the molecule is N#CCN1CCN(S(=O)(=O)c2cccc3nsnc23)CC1. The van der Waals surface area contributed by atoms with Crippen LogP contribution in [0.15, 0.2) is 23.1 Å². The Labute approximate surface area is 126 Å². The van der Waals surface area contributed by atoms with Gasteiger partial charge in [-0.05, 0) is 12.1 Å². The van der Waals surface area contributed by atoms with Crippen molar-refractivity contribution in [2.45, 2.75) is 4.90 Å². The minimum atomic E-state index is -3.57. The van der Waals surface area contributed by atoms with Crippen LogP contribution in [0.25, 0.3) is 11.0 Å². The largest absolute Gasteiger partial charge is 0.288 e. The number of benzene rings is 1. The third kappa shape index (κ3) is 2.63. The van der Waals surface area contributed by atoms with Crippen molar-refractivity contribution < 1.29 is 8.42 Å². The summed E-state index contributed by atoms with van der Waals surface area (Å²) in [6.07, 6.45) is 0. The molecule has 0 atom stereocenters. The van der Waals surface area contributed by atoms with Crippen LogP contribution in [-0.4, -0.2) is 59.1 Å². The van der Waals surface area contributed by atoms with Crippen LogP contribution >= 0.6 is 11.7 Å². The molecule has 0 spiro atoms. The highest BCUT2D eigenvalue weighted by Gasteiger charge is 2.30. The van der Waals surface area contributed by atoms with Gasteiger partial charge < -0.3 is 0 Å². The smallest absolute Gasteiger partial charge is 0.245 e. The molecule has 0 amide bonds. The molecule has 1 aromatic heterocycles. The second-order valence-corrected chi connectivity index (χ2v) is 7.16. The summed E-state index contributed by atoms with van der Waals surface area (Å²) in [5.41, 5.74) is 1.03. The van der Waals surface area contributed by atoms with Gasteiger partial charge >= 0.3 is 0 Å². The Kier molecular flexibility index (Phi) is 3.86. The molecule has 7 nitrogen and oxygen atoms in total. The summed E-state index contributed by atoms with van der Waals surface area (Å²) >= 11 is 1.01. The van der Waals surface area contributed by atoms with Gasteiger partial charge in [0, 0.05) is 26.2 Å². The maximum Gasteiger partial charge on any atom is 0.245 e. The van der Waals surface area contributed by atoms with Crippen LogP contribution in [0.1, 0.15) is 0 Å². The second-order valence-electron chi connectivity index (χ2n) is 4.73. The van der Waals surface area contributed by atoms with E-state index in [1.54, 1.807) is 18.2 Å². The summed E-state index contributed by atoms with van der Waals surface area (Å²) in [5.74, 6) is 0. The van der Waals surface area contributed by atoms with Crippen molar-refractivity contribution >= 4 is 32.8 Å². The zero-order valence-corrected chi connectivity index (χ0v) is 12.8. The molecular formula is C12H13N5O2S2. The lowest BCUT2D eigenvalue weighted by atomic mass is 10.3. The van der Waals surface area contributed by atoms with Crippen LogP contribution in [-0.2, 0) is 10.0 Å². The molecular weight excluding hydrogens is 310 g/mol. The molecule has 21 heavy (non-hydrogen) atoms. The van der Waals surface area contributed by atoms with E-state index >= 15 is 0 Å². The minimum Gasteiger partial charge on any atom is -0.288 e. The number of nitriles is 1. The summed E-state index contributed by atoms with van der Waals surface area (Å²) in [5, 5.41) is 8.68. The number of fused-ring (bicyclic) bond motifs is 1. The molecule has 110 valence electrons. The third-order valence-corrected chi connectivity index (χ3v) is 5.97. The molecule has 0 N–H and O–H groups in total. The summed E-state index contributed by atoms with van der Waals surface area (Å²) in [4.78, 5) is 2.15. The number of piperazine rings is 1. The fraction of sp³-hybridized carbons (Fsp3) is 0.417. The number of aromatic nitrogens is 2. The summed E-state index contributed by atoms with van der Waals surface area (Å²) < 4.78 is 35.1. The number of nitrogens with zero attached hydrogens (tertiary/aromatic N) is 5. The molecule has 0 bridgehead atoms. The van der Waals surface area contributed by atoms with Crippen LogP contribution in [0.2, 0.25) is 0 Å². The summed E-state index contributed by atoms with van der Waals surface area (Å²) in [6, 6.07) is 7.09. The van der Waals surface area contributed by atoms with E-state index in [4.69, 9.17) is 5.26 Å². The van der Waals surface area contributed by atoms with E-state index in [0.29, 0.717) is 43.8 Å². The van der Waals surface area contributed by atoms with E-state index in [-0.39, 0.29) is 4.90 Å². The Bertz CT molecular complexity index is 787. The minimum absolute atomic E-state index is 0.211. The molecule has 1 fully saturated rings. The van der Waals surface area contributed by atoms with Gasteiger partial charge in [0.15, 0.2) is 0 Å². The van der Waals surface area contributed by atoms with Crippen LogP contribution in [0.4, 0.5) is 0 Å². The average Bonchev–Trinajstić information content (AvgIpc) is 2.96. The first-order valence-corrected chi connectivity index (χ1v) is 8.61. The van der Waals surface area contributed by atoms with Gasteiger partial charge in [0.05, 0.1) is 24.3 Å². The highest BCUT2D eigenvalue weighted by molar-refractivity contribution is 7.89. The highest BCUT2D eigenvalue weighted by Crippen LogP contribution is 2.25. The Hall–Kier alpha value is -1.60. The first kappa shape index (κ1) is 14.3. The lowest BCUT2D eigenvalue weighted by Crippen LogP contribution is -2.48. The molecule has 1 aliphatic heterocycles.